The summed E-state index contributed by atoms with van der Waals surface area (Å²) >= 11 is 3.59. The second-order valence-electron chi connectivity index (χ2n) is 18.4. The number of aliphatic imine (C=N–C) groups is 1. The molecule has 9 nitrogen and oxygen atoms in total. The molecule has 4 aliphatic heterocycles. The summed E-state index contributed by atoms with van der Waals surface area (Å²) in [5.74, 6) is -0.924. The molecule has 7 atom stereocenters. The highest BCUT2D eigenvalue weighted by molar-refractivity contribution is 9.09. The molecule has 0 radical (unpaired) electrons. The lowest BCUT2D eigenvalue weighted by Crippen LogP contribution is -2.75. The van der Waals surface area contributed by atoms with Crippen molar-refractivity contribution in [2.45, 2.75) is 110 Å². The predicted molar refractivity (Wildman–Crippen MR) is 230 cm³/mol. The van der Waals surface area contributed by atoms with Crippen molar-refractivity contribution >= 4 is 51.0 Å². The Bertz CT molecular complexity index is 2440. The molecule has 10 rings (SSSR count). The van der Waals surface area contributed by atoms with Crippen LogP contribution in [0.4, 0.5) is 0 Å². The first-order valence-corrected chi connectivity index (χ1v) is 21.9. The Balaban J connectivity index is 1.39. The van der Waals surface area contributed by atoms with Gasteiger partial charge in [-0.25, -0.2) is 4.79 Å². The summed E-state index contributed by atoms with van der Waals surface area (Å²) in [5.41, 5.74) is 4.38. The highest BCUT2D eigenvalue weighted by Gasteiger charge is 2.84. The number of halogens is 1. The monoisotopic (exact) mass is 861 g/mol. The first kappa shape index (κ1) is 39.9. The topological polar surface area (TPSA) is 110 Å². The fraction of sp³-hybridized carbons (Fsp3) is 0.469. The lowest BCUT2D eigenvalue weighted by atomic mass is 9.43. The molecule has 4 aliphatic carbocycles. The summed E-state index contributed by atoms with van der Waals surface area (Å²) in [6.45, 7) is 16.2. The van der Waals surface area contributed by atoms with E-state index in [9.17, 15) is 9.59 Å². The van der Waals surface area contributed by atoms with Crippen molar-refractivity contribution < 1.29 is 38.1 Å². The third-order valence-corrected chi connectivity index (χ3v) is 14.1. The van der Waals surface area contributed by atoms with Gasteiger partial charge >= 0.3 is 5.97 Å². The number of alkyl halides is 1. The minimum Gasteiger partial charge on any atom is -0.482 e. The summed E-state index contributed by atoms with van der Waals surface area (Å²) in [7, 11) is 1.34. The molecule has 59 heavy (non-hydrogen) atoms. The van der Waals surface area contributed by atoms with Gasteiger partial charge in [-0.15, -0.1) is 0 Å². The molecule has 0 N–H and O–H groups in total. The van der Waals surface area contributed by atoms with E-state index in [4.69, 9.17) is 28.7 Å². The molecule has 1 spiro atoms. The van der Waals surface area contributed by atoms with Crippen LogP contribution in [0.3, 0.4) is 0 Å². The van der Waals surface area contributed by atoms with Crippen molar-refractivity contribution in [3.8, 4) is 17.2 Å². The highest BCUT2D eigenvalue weighted by Crippen LogP contribution is 2.74. The number of esters is 1. The fourth-order valence-electron chi connectivity index (χ4n) is 11.4. The summed E-state index contributed by atoms with van der Waals surface area (Å²) < 4.78 is 33.9. The van der Waals surface area contributed by atoms with Crippen LogP contribution in [0.2, 0.25) is 0 Å². The van der Waals surface area contributed by atoms with Crippen LogP contribution in [-0.2, 0) is 25.5 Å². The first-order chi connectivity index (χ1) is 28.0. The van der Waals surface area contributed by atoms with Gasteiger partial charge in [0.25, 0.3) is 0 Å². The molecule has 0 aromatic heterocycles. The van der Waals surface area contributed by atoms with Crippen LogP contribution in [0.5, 0.6) is 17.2 Å². The molecule has 1 saturated heterocycles. The summed E-state index contributed by atoms with van der Waals surface area (Å²) in [4.78, 5) is 48.8. The summed E-state index contributed by atoms with van der Waals surface area (Å²) in [5, 5.41) is 0. The van der Waals surface area contributed by atoms with Gasteiger partial charge in [-0.05, 0) is 109 Å². The second-order valence-corrected chi connectivity index (χ2v) is 18.9. The Kier molecular flexibility index (Phi) is 9.29. The maximum absolute atomic E-state index is 15.7. The summed E-state index contributed by atoms with van der Waals surface area (Å²) in [6, 6.07) is 7.64. The molecule has 3 saturated carbocycles. The van der Waals surface area contributed by atoms with Gasteiger partial charge in [0.05, 0.1) is 41.2 Å². The molecule has 8 aliphatic rings. The number of carbonyl (C=O) groups is 3. The molecule has 4 bridgehead atoms. The molecule has 7 unspecified atom stereocenters. The van der Waals surface area contributed by atoms with Crippen LogP contribution in [-0.4, -0.2) is 58.3 Å². The molecule has 10 heteroatoms. The number of ether oxygens (including phenoxy) is 5. The number of benzene rings is 2. The lowest BCUT2D eigenvalue weighted by Gasteiger charge is -2.62. The number of hydrogen-bond donors (Lipinski definition) is 0. The average Bonchev–Trinajstić information content (AvgIpc) is 3.55. The van der Waals surface area contributed by atoms with E-state index in [-0.39, 0.29) is 29.4 Å². The zero-order valence-corrected chi connectivity index (χ0v) is 36.9. The standard InChI is InChI=1S/C49H52BrNO8/c1-25(2)13-12-20-47(8)21-19-31-41(57-47)30(17-16-26(3)4)43-36(42(31)56-24-50)39-37-34(35-38(51-39)28-14-10-11-15-29(28)40(35)52)32-23-33-46(6,7)59-48(44(32)53,49(33,37)58-43)22-18-27(5)45(54)55-9/h10-11,13-16,18-19,21,32-35H,12,17,20,22-24H2,1-9H3/b27-18-. The largest absolute Gasteiger partial charge is 0.482 e. The molecule has 2 aromatic carbocycles. The summed E-state index contributed by atoms with van der Waals surface area (Å²) in [6.07, 6.45) is 13.0. The normalized spacial score (nSPS) is 30.9. The molecule has 4 heterocycles. The quantitative estimate of drug-likeness (QED) is 0.101. The van der Waals surface area contributed by atoms with Gasteiger partial charge in [0.1, 0.15) is 28.4 Å². The maximum atomic E-state index is 15.7. The molecule has 2 aromatic rings. The molecule has 0 amide bonds. The lowest BCUT2D eigenvalue weighted by molar-refractivity contribution is -0.183. The van der Waals surface area contributed by atoms with Gasteiger partial charge in [0.2, 0.25) is 0 Å². The van der Waals surface area contributed by atoms with Crippen LogP contribution < -0.4 is 14.2 Å². The van der Waals surface area contributed by atoms with Crippen molar-refractivity contribution in [2.75, 3.05) is 12.6 Å². The zero-order chi connectivity index (χ0) is 42.0. The van der Waals surface area contributed by atoms with Crippen molar-refractivity contribution in [2.24, 2.45) is 28.7 Å². The van der Waals surface area contributed by atoms with Gasteiger partial charge in [-0.2, -0.15) is 0 Å². The number of fused-ring (bicyclic) bond motifs is 6. The maximum Gasteiger partial charge on any atom is 0.333 e. The Morgan fingerprint density at radius 3 is 2.41 bits per heavy atom. The number of methoxy groups -OCH3 is 1. The molecular weight excluding hydrogens is 810 g/mol. The Labute approximate surface area is 354 Å². The van der Waals surface area contributed by atoms with Gasteiger partial charge < -0.3 is 23.7 Å². The van der Waals surface area contributed by atoms with Crippen LogP contribution >= 0.6 is 15.9 Å². The molecular formula is C49H52BrNO8. The van der Waals surface area contributed by atoms with E-state index in [1.807, 2.05) is 38.1 Å². The second kappa shape index (κ2) is 13.7. The smallest absolute Gasteiger partial charge is 0.333 e. The van der Waals surface area contributed by atoms with Gasteiger partial charge in [0, 0.05) is 52.0 Å². The van der Waals surface area contributed by atoms with Gasteiger partial charge in [-0.1, -0.05) is 53.6 Å². The average molecular weight is 863 g/mol. The number of rotatable bonds is 10. The Morgan fingerprint density at radius 1 is 0.983 bits per heavy atom. The van der Waals surface area contributed by atoms with Crippen molar-refractivity contribution in [3.63, 3.8) is 0 Å². The van der Waals surface area contributed by atoms with Crippen LogP contribution in [0.15, 0.2) is 75.9 Å². The van der Waals surface area contributed by atoms with E-state index in [0.29, 0.717) is 58.2 Å². The zero-order valence-electron chi connectivity index (χ0n) is 35.3. The third kappa shape index (κ3) is 5.50. The number of allylic oxidation sites excluding steroid dienone is 4. The van der Waals surface area contributed by atoms with Gasteiger partial charge in [-0.3, -0.25) is 14.6 Å². The highest BCUT2D eigenvalue weighted by atomic mass is 79.9. The number of nitrogens with zero attached hydrogens (tertiary/aromatic N) is 1. The SMILES string of the molecule is COC(=O)/C(C)=C\CC12OC(C)(C)C3CC(C1=O)C1C4=C(N=C5c6ccccc6C(=O)C51)c1c(OCBr)c5c(c(CC=C(C)C)c1OC432)OC(C)(CCC=C(C)C)C=C5. The number of hydrogen-bond acceptors (Lipinski definition) is 9. The van der Waals surface area contributed by atoms with Crippen LogP contribution in [0.1, 0.15) is 114 Å². The van der Waals surface area contributed by atoms with E-state index in [2.05, 4.69) is 74.9 Å². The van der Waals surface area contributed by atoms with E-state index in [1.54, 1.807) is 13.0 Å². The van der Waals surface area contributed by atoms with Crippen molar-refractivity contribution in [1.29, 1.82) is 0 Å². The fourth-order valence-corrected chi connectivity index (χ4v) is 11.6. The predicted octanol–water partition coefficient (Wildman–Crippen LogP) is 9.89. The third-order valence-electron chi connectivity index (χ3n) is 13.9. The number of Topliss-reactive ketones (excluding diaryl/α,β-unsaturated/α-hetero) is 2. The van der Waals surface area contributed by atoms with Crippen LogP contribution in [0, 0.1) is 23.7 Å². The van der Waals surface area contributed by atoms with Crippen molar-refractivity contribution in [3.05, 3.63) is 98.7 Å². The minimum atomic E-state index is -1.55. The van der Waals surface area contributed by atoms with Crippen LogP contribution in [0.25, 0.3) is 11.8 Å². The van der Waals surface area contributed by atoms with E-state index in [1.165, 1.54) is 12.7 Å². The molecule has 4 fully saturated rings. The van der Waals surface area contributed by atoms with Gasteiger partial charge in [0.15, 0.2) is 22.8 Å². The Hall–Kier alpha value is -4.54. The minimum absolute atomic E-state index is 0.0319. The van der Waals surface area contributed by atoms with E-state index < -0.39 is 46.1 Å². The Morgan fingerprint density at radius 2 is 1.71 bits per heavy atom. The van der Waals surface area contributed by atoms with E-state index in [0.717, 1.165) is 40.7 Å². The van der Waals surface area contributed by atoms with Crippen molar-refractivity contribution in [1.82, 2.24) is 0 Å². The first-order valence-electron chi connectivity index (χ1n) is 20.8. The number of ketones is 2. The number of carbonyl (C=O) groups excluding carboxylic acids is 3. The molecule has 308 valence electrons. The van der Waals surface area contributed by atoms with E-state index >= 15 is 4.79 Å².